The van der Waals surface area contributed by atoms with Gasteiger partial charge in [-0.25, -0.2) is 0 Å². The van der Waals surface area contributed by atoms with Crippen molar-refractivity contribution in [3.8, 4) is 0 Å². The van der Waals surface area contributed by atoms with Gasteiger partial charge < -0.3 is 52.7 Å². The molecule has 0 radical (unpaired) electrons. The van der Waals surface area contributed by atoms with Gasteiger partial charge in [0, 0.05) is 54.2 Å². The Morgan fingerprint density at radius 3 is 1.42 bits per heavy atom. The van der Waals surface area contributed by atoms with E-state index in [0.717, 1.165) is 48.5 Å². The Kier molecular flexibility index (Phi) is 14.5. The van der Waals surface area contributed by atoms with Gasteiger partial charge in [0.05, 0.1) is 6.61 Å². The van der Waals surface area contributed by atoms with Crippen LogP contribution < -0.4 is 5.32 Å². The number of rotatable bonds is 13. The molecule has 2 heterocycles. The lowest BCUT2D eigenvalue weighted by atomic mass is 9.96. The zero-order valence-corrected chi connectivity index (χ0v) is 28.5. The number of hydrogen-bond donors (Lipinski definition) is 1. The molecule has 50 heavy (non-hydrogen) atoms. The Balaban J connectivity index is 2.05. The molecule has 0 aliphatic carbocycles. The van der Waals surface area contributed by atoms with Gasteiger partial charge in [0.15, 0.2) is 49.1 Å². The van der Waals surface area contributed by atoms with Crippen molar-refractivity contribution in [2.75, 3.05) is 18.5 Å². The van der Waals surface area contributed by atoms with Crippen LogP contribution in [0.2, 0.25) is 0 Å². The molecular weight excluding hydrogens is 670 g/mol. The van der Waals surface area contributed by atoms with Crippen LogP contribution in [0.4, 0.5) is 5.69 Å². The maximum absolute atomic E-state index is 12.3. The molecule has 1 N–H and O–H groups in total. The van der Waals surface area contributed by atoms with E-state index in [2.05, 4.69) is 5.32 Å². The molecule has 2 saturated heterocycles. The second kappa shape index (κ2) is 18.3. The third kappa shape index (κ3) is 11.7. The SMILES string of the molecule is CC(=O)OCC1OC(OCC2OC(Nc3ccccc3)C(OC(C)=O)C(OC(C)=O)C2OC(C)=O)C(OC(C)=O)C(OC(C)=O)C1OC(C)=O. The Labute approximate surface area is 287 Å². The average Bonchev–Trinajstić information content (AvgIpc) is 3.00. The first-order valence-electron chi connectivity index (χ1n) is 15.5. The third-order valence-corrected chi connectivity index (χ3v) is 7.00. The quantitative estimate of drug-likeness (QED) is 0.220. The summed E-state index contributed by atoms with van der Waals surface area (Å²) in [6.45, 7) is 6.61. The van der Waals surface area contributed by atoms with Crippen molar-refractivity contribution in [3.63, 3.8) is 0 Å². The van der Waals surface area contributed by atoms with E-state index >= 15 is 0 Å². The van der Waals surface area contributed by atoms with E-state index in [4.69, 9.17) is 47.4 Å². The van der Waals surface area contributed by atoms with E-state index < -0.39 is 116 Å². The number of ether oxygens (including phenoxy) is 10. The van der Waals surface area contributed by atoms with E-state index in [1.54, 1.807) is 30.3 Å². The van der Waals surface area contributed by atoms with Gasteiger partial charge in [-0.2, -0.15) is 0 Å². The molecule has 0 saturated carbocycles. The van der Waals surface area contributed by atoms with Gasteiger partial charge in [-0.05, 0) is 12.1 Å². The van der Waals surface area contributed by atoms with Gasteiger partial charge in [0.1, 0.15) is 18.8 Å². The summed E-state index contributed by atoms with van der Waals surface area (Å²) >= 11 is 0. The van der Waals surface area contributed by atoms with E-state index in [1.165, 1.54) is 0 Å². The fourth-order valence-electron chi connectivity index (χ4n) is 5.36. The largest absolute Gasteiger partial charge is 0.463 e. The van der Waals surface area contributed by atoms with Gasteiger partial charge in [0.2, 0.25) is 0 Å². The molecule has 2 aliphatic heterocycles. The number of anilines is 1. The molecule has 2 aliphatic rings. The maximum atomic E-state index is 12.3. The zero-order valence-electron chi connectivity index (χ0n) is 28.5. The van der Waals surface area contributed by atoms with Gasteiger partial charge in [0.25, 0.3) is 0 Å². The molecule has 0 aromatic heterocycles. The average molecular weight is 712 g/mol. The minimum Gasteiger partial charge on any atom is -0.463 e. The first-order valence-corrected chi connectivity index (χ1v) is 15.5. The highest BCUT2D eigenvalue weighted by Gasteiger charge is 2.55. The number of carbonyl (C=O) groups excluding carboxylic acids is 7. The van der Waals surface area contributed by atoms with E-state index in [-0.39, 0.29) is 0 Å². The summed E-state index contributed by atoms with van der Waals surface area (Å²) in [4.78, 5) is 85.0. The van der Waals surface area contributed by atoms with Crippen molar-refractivity contribution in [2.24, 2.45) is 0 Å². The number of carbonyl (C=O) groups is 7. The van der Waals surface area contributed by atoms with Crippen LogP contribution in [0.1, 0.15) is 48.5 Å². The first kappa shape index (κ1) is 39.6. The Morgan fingerprint density at radius 1 is 0.520 bits per heavy atom. The van der Waals surface area contributed by atoms with Crippen LogP contribution in [0, 0.1) is 0 Å². The molecule has 2 fully saturated rings. The second-order valence-corrected chi connectivity index (χ2v) is 11.2. The van der Waals surface area contributed by atoms with Crippen LogP contribution in [0.5, 0.6) is 0 Å². The van der Waals surface area contributed by atoms with E-state index in [0.29, 0.717) is 5.69 Å². The fraction of sp³-hybridized carbons (Fsp3) is 0.594. The van der Waals surface area contributed by atoms with Crippen LogP contribution in [0.15, 0.2) is 30.3 Å². The molecule has 1 aromatic carbocycles. The maximum Gasteiger partial charge on any atom is 0.303 e. The second-order valence-electron chi connectivity index (χ2n) is 11.2. The normalized spacial score (nSPS) is 28.9. The van der Waals surface area contributed by atoms with Crippen molar-refractivity contribution >= 4 is 47.5 Å². The lowest BCUT2D eigenvalue weighted by molar-refractivity contribution is -0.318. The minimum atomic E-state index is -1.61. The highest BCUT2D eigenvalue weighted by atomic mass is 16.7. The van der Waals surface area contributed by atoms with Gasteiger partial charge in [-0.1, -0.05) is 18.2 Å². The Hall–Kier alpha value is -4.81. The highest BCUT2D eigenvalue weighted by molar-refractivity contribution is 5.70. The van der Waals surface area contributed by atoms with Crippen LogP contribution in [-0.2, 0) is 80.9 Å². The molecule has 276 valence electrons. The molecule has 0 amide bonds. The first-order chi connectivity index (χ1) is 23.5. The van der Waals surface area contributed by atoms with Gasteiger partial charge >= 0.3 is 41.8 Å². The van der Waals surface area contributed by atoms with E-state index in [1.807, 2.05) is 0 Å². The van der Waals surface area contributed by atoms with Crippen LogP contribution >= 0.6 is 0 Å². The molecule has 3 rings (SSSR count). The number of nitrogens with one attached hydrogen (secondary N) is 1. The summed E-state index contributed by atoms with van der Waals surface area (Å²) in [5.74, 6) is -5.62. The summed E-state index contributed by atoms with van der Waals surface area (Å²) in [6, 6.07) is 8.59. The smallest absolute Gasteiger partial charge is 0.303 e. The number of para-hydroxylation sites is 1. The lowest BCUT2D eigenvalue weighted by Crippen LogP contribution is -2.65. The van der Waals surface area contributed by atoms with Gasteiger partial charge in [-0.15, -0.1) is 0 Å². The molecule has 0 spiro atoms. The van der Waals surface area contributed by atoms with Crippen LogP contribution in [0.3, 0.4) is 0 Å². The monoisotopic (exact) mass is 711 g/mol. The number of benzene rings is 1. The summed E-state index contributed by atoms with van der Waals surface area (Å²) < 4.78 is 56.2. The van der Waals surface area contributed by atoms with Crippen LogP contribution in [-0.4, -0.2) is 116 Å². The van der Waals surface area contributed by atoms with Crippen molar-refractivity contribution < 1.29 is 80.9 Å². The molecule has 18 nitrogen and oxygen atoms in total. The van der Waals surface area contributed by atoms with Gasteiger partial charge in [-0.3, -0.25) is 33.6 Å². The van der Waals surface area contributed by atoms with Crippen molar-refractivity contribution in [2.45, 2.75) is 110 Å². The van der Waals surface area contributed by atoms with Crippen molar-refractivity contribution in [1.82, 2.24) is 0 Å². The zero-order chi connectivity index (χ0) is 37.1. The predicted octanol–water partition coefficient (Wildman–Crippen LogP) is 0.718. The number of hydrogen-bond acceptors (Lipinski definition) is 18. The summed E-state index contributed by atoms with van der Waals surface area (Å²) in [7, 11) is 0. The number of esters is 7. The Morgan fingerprint density at radius 2 is 0.940 bits per heavy atom. The molecule has 0 bridgehead atoms. The lowest BCUT2D eigenvalue weighted by Gasteiger charge is -2.46. The summed E-state index contributed by atoms with van der Waals surface area (Å²) in [5.41, 5.74) is 0.515. The van der Waals surface area contributed by atoms with Crippen LogP contribution in [0.25, 0.3) is 0 Å². The van der Waals surface area contributed by atoms with E-state index in [9.17, 15) is 33.6 Å². The predicted molar refractivity (Wildman–Crippen MR) is 163 cm³/mol. The molecule has 18 heteroatoms. The summed E-state index contributed by atoms with van der Waals surface area (Å²) in [6.07, 6.45) is -14.2. The molecule has 10 atom stereocenters. The topological polar surface area (TPSA) is 224 Å². The molecule has 10 unspecified atom stereocenters. The highest BCUT2D eigenvalue weighted by Crippen LogP contribution is 2.33. The van der Waals surface area contributed by atoms with Crippen molar-refractivity contribution in [3.05, 3.63) is 30.3 Å². The fourth-order valence-corrected chi connectivity index (χ4v) is 5.36. The third-order valence-electron chi connectivity index (χ3n) is 7.00. The minimum absolute atomic E-state index is 0.505. The molecule has 1 aromatic rings. The standard InChI is InChI=1S/C32H41NO17/c1-15(34)41-13-24-26(44-17(3)36)28(46-19(5)38)30(48-21(7)40)32(50-24)42-14-23-25(43-16(2)35)27(45-18(4)37)29(47-20(6)39)31(49-23)33-22-11-9-8-10-12-22/h8-12,23-33H,13-14H2,1-7H3. The molecular formula is C32H41NO17. The van der Waals surface area contributed by atoms with Crippen molar-refractivity contribution in [1.29, 1.82) is 0 Å². The summed E-state index contributed by atoms with van der Waals surface area (Å²) in [5, 5.41) is 3.06. The Bertz CT molecular complexity index is 1390.